The van der Waals surface area contributed by atoms with Gasteiger partial charge in [0.25, 0.3) is 0 Å². The van der Waals surface area contributed by atoms with Gasteiger partial charge >= 0.3 is 0 Å². The first kappa shape index (κ1) is 12.5. The quantitative estimate of drug-likeness (QED) is 0.685. The SMILES string of the molecule is CCCC1CCN(CC(C)(C)CBr)C1. The monoisotopic (exact) mass is 261 g/mol. The van der Waals surface area contributed by atoms with E-state index >= 15 is 0 Å². The second-order valence-electron chi connectivity index (χ2n) is 5.48. The lowest BCUT2D eigenvalue weighted by atomic mass is 9.96. The molecule has 1 rings (SSSR count). The number of nitrogens with zero attached hydrogens (tertiary/aromatic N) is 1. The summed E-state index contributed by atoms with van der Waals surface area (Å²) in [6.07, 6.45) is 4.19. The molecule has 2 heteroatoms. The molecule has 1 fully saturated rings. The van der Waals surface area contributed by atoms with Crippen molar-refractivity contribution in [2.75, 3.05) is 25.0 Å². The number of likely N-dealkylation sites (tertiary alicyclic amines) is 1. The van der Waals surface area contributed by atoms with Crippen molar-refractivity contribution in [1.29, 1.82) is 0 Å². The summed E-state index contributed by atoms with van der Waals surface area (Å²) in [6.45, 7) is 10.9. The van der Waals surface area contributed by atoms with Gasteiger partial charge in [-0.2, -0.15) is 0 Å². The van der Waals surface area contributed by atoms with Crippen molar-refractivity contribution < 1.29 is 0 Å². The summed E-state index contributed by atoms with van der Waals surface area (Å²) in [4.78, 5) is 2.64. The van der Waals surface area contributed by atoms with Gasteiger partial charge in [-0.1, -0.05) is 43.1 Å². The predicted octanol–water partition coefficient (Wildman–Crippen LogP) is 3.53. The van der Waals surface area contributed by atoms with Gasteiger partial charge in [-0.25, -0.2) is 0 Å². The van der Waals surface area contributed by atoms with Crippen LogP contribution in [0, 0.1) is 11.3 Å². The van der Waals surface area contributed by atoms with Gasteiger partial charge in [-0.15, -0.1) is 0 Å². The Morgan fingerprint density at radius 1 is 1.43 bits per heavy atom. The van der Waals surface area contributed by atoms with E-state index in [1.54, 1.807) is 0 Å². The van der Waals surface area contributed by atoms with Crippen LogP contribution >= 0.6 is 15.9 Å². The first-order valence-electron chi connectivity index (χ1n) is 5.85. The third-order valence-corrected chi connectivity index (χ3v) is 4.60. The van der Waals surface area contributed by atoms with Gasteiger partial charge in [-0.3, -0.25) is 0 Å². The minimum atomic E-state index is 0.432. The normalized spacial score (nSPS) is 24.4. The Kier molecular flexibility index (Phi) is 4.92. The highest BCUT2D eigenvalue weighted by molar-refractivity contribution is 9.09. The fourth-order valence-electron chi connectivity index (χ4n) is 2.35. The van der Waals surface area contributed by atoms with Gasteiger partial charge in [-0.05, 0) is 30.7 Å². The maximum atomic E-state index is 3.60. The molecule has 0 radical (unpaired) electrons. The summed E-state index contributed by atoms with van der Waals surface area (Å²) in [6, 6.07) is 0. The maximum absolute atomic E-state index is 3.60. The Hall–Kier alpha value is 0.440. The standard InChI is InChI=1S/C12H24BrN/c1-4-5-11-6-7-14(8-11)10-12(2,3)9-13/h11H,4-10H2,1-3H3. The Morgan fingerprint density at radius 2 is 2.14 bits per heavy atom. The van der Waals surface area contributed by atoms with Gasteiger partial charge in [0.15, 0.2) is 0 Å². The average Bonchev–Trinajstić information content (AvgIpc) is 2.53. The van der Waals surface area contributed by atoms with Crippen LogP contribution in [0.15, 0.2) is 0 Å². The Bertz CT molecular complexity index is 168. The minimum absolute atomic E-state index is 0.432. The van der Waals surface area contributed by atoms with Gasteiger partial charge in [0.2, 0.25) is 0 Å². The molecule has 0 aromatic heterocycles. The van der Waals surface area contributed by atoms with Crippen molar-refractivity contribution in [2.45, 2.75) is 40.0 Å². The zero-order chi connectivity index (χ0) is 10.6. The average molecular weight is 262 g/mol. The zero-order valence-electron chi connectivity index (χ0n) is 9.85. The molecule has 0 bridgehead atoms. The van der Waals surface area contributed by atoms with Crippen LogP contribution in [0.4, 0.5) is 0 Å². The smallest absolute Gasteiger partial charge is 0.00949 e. The molecule has 1 atom stereocenters. The Labute approximate surface area is 97.4 Å². The molecule has 1 heterocycles. The topological polar surface area (TPSA) is 3.24 Å². The van der Waals surface area contributed by atoms with Crippen LogP contribution in [0.5, 0.6) is 0 Å². The first-order chi connectivity index (χ1) is 6.57. The van der Waals surface area contributed by atoms with E-state index in [2.05, 4.69) is 41.6 Å². The van der Waals surface area contributed by atoms with E-state index in [0.717, 1.165) is 11.2 Å². The summed E-state index contributed by atoms with van der Waals surface area (Å²) in [5.74, 6) is 0.978. The van der Waals surface area contributed by atoms with E-state index in [4.69, 9.17) is 0 Å². The molecule has 0 aromatic rings. The second-order valence-corrected chi connectivity index (χ2v) is 6.04. The lowest BCUT2D eigenvalue weighted by Gasteiger charge is -2.28. The number of halogens is 1. The number of hydrogen-bond donors (Lipinski definition) is 0. The van der Waals surface area contributed by atoms with Gasteiger partial charge in [0.1, 0.15) is 0 Å². The number of alkyl halides is 1. The van der Waals surface area contributed by atoms with E-state index in [9.17, 15) is 0 Å². The van der Waals surface area contributed by atoms with Crippen LogP contribution in [0.25, 0.3) is 0 Å². The Balaban J connectivity index is 2.28. The largest absolute Gasteiger partial charge is 0.302 e. The number of rotatable bonds is 5. The van der Waals surface area contributed by atoms with Gasteiger partial charge in [0, 0.05) is 18.4 Å². The van der Waals surface area contributed by atoms with Crippen LogP contribution in [0.2, 0.25) is 0 Å². The molecule has 0 aromatic carbocycles. The molecule has 1 unspecified atom stereocenters. The molecule has 1 nitrogen and oxygen atoms in total. The van der Waals surface area contributed by atoms with E-state index in [0.29, 0.717) is 5.41 Å². The van der Waals surface area contributed by atoms with Crippen LogP contribution in [0.1, 0.15) is 40.0 Å². The lowest BCUT2D eigenvalue weighted by molar-refractivity contribution is 0.224. The molecule has 84 valence electrons. The maximum Gasteiger partial charge on any atom is 0.00949 e. The van der Waals surface area contributed by atoms with Crippen molar-refractivity contribution in [3.63, 3.8) is 0 Å². The molecule has 0 N–H and O–H groups in total. The van der Waals surface area contributed by atoms with Crippen LogP contribution in [0.3, 0.4) is 0 Å². The molecule has 1 aliphatic heterocycles. The molecule has 0 spiro atoms. The van der Waals surface area contributed by atoms with Crippen LogP contribution in [-0.4, -0.2) is 29.9 Å². The zero-order valence-corrected chi connectivity index (χ0v) is 11.4. The fourth-order valence-corrected chi connectivity index (χ4v) is 2.53. The van der Waals surface area contributed by atoms with Crippen molar-refractivity contribution >= 4 is 15.9 Å². The molecule has 0 saturated carbocycles. The van der Waals surface area contributed by atoms with Gasteiger partial charge < -0.3 is 4.90 Å². The van der Waals surface area contributed by atoms with E-state index in [-0.39, 0.29) is 0 Å². The van der Waals surface area contributed by atoms with Crippen molar-refractivity contribution in [1.82, 2.24) is 4.90 Å². The summed E-state index contributed by atoms with van der Waals surface area (Å²) >= 11 is 3.60. The highest BCUT2D eigenvalue weighted by Gasteiger charge is 2.26. The van der Waals surface area contributed by atoms with E-state index in [1.807, 2.05) is 0 Å². The summed E-state index contributed by atoms with van der Waals surface area (Å²) in [5, 5.41) is 1.11. The van der Waals surface area contributed by atoms with Crippen molar-refractivity contribution in [2.24, 2.45) is 11.3 Å². The van der Waals surface area contributed by atoms with E-state index in [1.165, 1.54) is 38.9 Å². The third-order valence-electron chi connectivity index (χ3n) is 3.08. The molecule has 0 aliphatic carbocycles. The molecule has 14 heavy (non-hydrogen) atoms. The predicted molar refractivity (Wildman–Crippen MR) is 67.0 cm³/mol. The molecule has 0 amide bonds. The van der Waals surface area contributed by atoms with Crippen LogP contribution < -0.4 is 0 Å². The molecular formula is C12H24BrN. The Morgan fingerprint density at radius 3 is 2.71 bits per heavy atom. The molecular weight excluding hydrogens is 238 g/mol. The fraction of sp³-hybridized carbons (Fsp3) is 1.00. The summed E-state index contributed by atoms with van der Waals surface area (Å²) in [7, 11) is 0. The highest BCUT2D eigenvalue weighted by atomic mass is 79.9. The van der Waals surface area contributed by atoms with E-state index < -0.39 is 0 Å². The second kappa shape index (κ2) is 5.50. The van der Waals surface area contributed by atoms with Crippen molar-refractivity contribution in [3.05, 3.63) is 0 Å². The minimum Gasteiger partial charge on any atom is -0.302 e. The van der Waals surface area contributed by atoms with Crippen molar-refractivity contribution in [3.8, 4) is 0 Å². The lowest BCUT2D eigenvalue weighted by Crippen LogP contribution is -2.33. The summed E-state index contributed by atoms with van der Waals surface area (Å²) in [5.41, 5.74) is 0.432. The first-order valence-corrected chi connectivity index (χ1v) is 6.98. The summed E-state index contributed by atoms with van der Waals surface area (Å²) < 4.78 is 0. The van der Waals surface area contributed by atoms with Gasteiger partial charge in [0.05, 0.1) is 0 Å². The number of hydrogen-bond acceptors (Lipinski definition) is 1. The highest BCUT2D eigenvalue weighted by Crippen LogP contribution is 2.26. The molecule has 1 aliphatic rings. The molecule has 1 saturated heterocycles. The van der Waals surface area contributed by atoms with Crippen LogP contribution in [-0.2, 0) is 0 Å². The third kappa shape index (κ3) is 3.90.